The summed E-state index contributed by atoms with van der Waals surface area (Å²) in [6.07, 6.45) is 4.91. The second-order valence-electron chi connectivity index (χ2n) is 7.01. The van der Waals surface area contributed by atoms with Crippen LogP contribution in [0.1, 0.15) is 42.8 Å². The van der Waals surface area contributed by atoms with E-state index in [1.807, 2.05) is 24.3 Å². The first kappa shape index (κ1) is 15.9. The van der Waals surface area contributed by atoms with Gasteiger partial charge < -0.3 is 9.32 Å². The van der Waals surface area contributed by atoms with Gasteiger partial charge >= 0.3 is 0 Å². The minimum atomic E-state index is -0.115. The minimum Gasteiger partial charge on any atom is -0.460 e. The van der Waals surface area contributed by atoms with Crippen molar-refractivity contribution in [3.8, 4) is 0 Å². The van der Waals surface area contributed by atoms with E-state index in [1.54, 1.807) is 6.21 Å². The van der Waals surface area contributed by atoms with Crippen molar-refractivity contribution in [3.05, 3.63) is 53.5 Å². The molecule has 1 saturated carbocycles. The third-order valence-corrected chi connectivity index (χ3v) is 5.04. The SMILES string of the molecule is C[C@H]1C[C@@H]1c1ccc(/C=N\NC(=O)CN2CCCc3ccccc32)o1. The summed E-state index contributed by atoms with van der Waals surface area (Å²) in [5.74, 6) is 2.84. The number of benzene rings is 1. The molecule has 2 atom stereocenters. The molecule has 1 aromatic carbocycles. The maximum atomic E-state index is 12.2. The summed E-state index contributed by atoms with van der Waals surface area (Å²) < 4.78 is 5.75. The molecule has 1 fully saturated rings. The molecule has 2 aromatic rings. The minimum absolute atomic E-state index is 0.115. The van der Waals surface area contributed by atoms with Crippen LogP contribution in [0.3, 0.4) is 0 Å². The molecule has 5 heteroatoms. The van der Waals surface area contributed by atoms with E-state index < -0.39 is 0 Å². The molecular formula is C20H23N3O2. The van der Waals surface area contributed by atoms with Crippen molar-refractivity contribution in [2.24, 2.45) is 11.0 Å². The molecule has 2 aliphatic rings. The van der Waals surface area contributed by atoms with Gasteiger partial charge in [-0.05, 0) is 48.9 Å². The zero-order valence-corrected chi connectivity index (χ0v) is 14.4. The van der Waals surface area contributed by atoms with Gasteiger partial charge in [0.05, 0.1) is 12.8 Å². The Labute approximate surface area is 147 Å². The van der Waals surface area contributed by atoms with Crippen LogP contribution in [0.2, 0.25) is 0 Å². The number of amides is 1. The highest BCUT2D eigenvalue weighted by atomic mass is 16.3. The molecule has 0 bridgehead atoms. The van der Waals surface area contributed by atoms with E-state index in [2.05, 4.69) is 34.5 Å². The topological polar surface area (TPSA) is 57.8 Å². The highest BCUT2D eigenvalue weighted by Gasteiger charge is 2.36. The van der Waals surface area contributed by atoms with Crippen LogP contribution in [0, 0.1) is 5.92 Å². The molecule has 1 aromatic heterocycles. The summed E-state index contributed by atoms with van der Waals surface area (Å²) in [4.78, 5) is 14.3. The molecule has 4 rings (SSSR count). The zero-order chi connectivity index (χ0) is 17.2. The standard InChI is InChI=1S/C20H23N3O2/c1-14-11-17(14)19-9-8-16(25-19)12-21-22-20(24)13-23-10-4-6-15-5-2-3-7-18(15)23/h2-3,5,7-9,12,14,17H,4,6,10-11,13H2,1H3,(H,22,24)/b21-12-/t14-,17-/m0/s1. The van der Waals surface area contributed by atoms with Crippen molar-refractivity contribution in [2.75, 3.05) is 18.0 Å². The van der Waals surface area contributed by atoms with E-state index in [4.69, 9.17) is 4.42 Å². The van der Waals surface area contributed by atoms with Crippen LogP contribution in [0.15, 0.2) is 45.9 Å². The lowest BCUT2D eigenvalue weighted by Gasteiger charge is -2.30. The molecule has 5 nitrogen and oxygen atoms in total. The number of carbonyl (C=O) groups excluding carboxylic acids is 1. The molecule has 130 valence electrons. The zero-order valence-electron chi connectivity index (χ0n) is 14.4. The Hall–Kier alpha value is -2.56. The number of hydrazone groups is 1. The average Bonchev–Trinajstić information content (AvgIpc) is 3.16. The number of hydrogen-bond donors (Lipinski definition) is 1. The van der Waals surface area contributed by atoms with Crippen molar-refractivity contribution in [2.45, 2.75) is 32.1 Å². The Morgan fingerprint density at radius 2 is 2.20 bits per heavy atom. The first-order valence-corrected chi connectivity index (χ1v) is 8.95. The summed E-state index contributed by atoms with van der Waals surface area (Å²) >= 11 is 0. The number of anilines is 1. The normalized spacial score (nSPS) is 22.0. The van der Waals surface area contributed by atoms with Crippen LogP contribution >= 0.6 is 0 Å². The number of fused-ring (bicyclic) bond motifs is 1. The Morgan fingerprint density at radius 1 is 1.36 bits per heavy atom. The quantitative estimate of drug-likeness (QED) is 0.673. The molecule has 0 radical (unpaired) electrons. The molecule has 1 amide bonds. The van der Waals surface area contributed by atoms with Crippen LogP contribution in [0.5, 0.6) is 0 Å². The predicted octanol–water partition coefficient (Wildman–Crippen LogP) is 3.31. The Balaban J connectivity index is 1.31. The Bertz CT molecular complexity index is 796. The fourth-order valence-electron chi connectivity index (χ4n) is 3.51. The third kappa shape index (κ3) is 3.60. The molecule has 1 aliphatic heterocycles. The molecule has 2 heterocycles. The van der Waals surface area contributed by atoms with Crippen LogP contribution in [0.4, 0.5) is 5.69 Å². The van der Waals surface area contributed by atoms with Gasteiger partial charge in [0, 0.05) is 18.2 Å². The van der Waals surface area contributed by atoms with Crippen LogP contribution < -0.4 is 10.3 Å². The van der Waals surface area contributed by atoms with Crippen LogP contribution in [0.25, 0.3) is 0 Å². The largest absolute Gasteiger partial charge is 0.460 e. The molecule has 0 unspecified atom stereocenters. The smallest absolute Gasteiger partial charge is 0.259 e. The lowest BCUT2D eigenvalue weighted by Crippen LogP contribution is -2.38. The van der Waals surface area contributed by atoms with E-state index in [-0.39, 0.29) is 5.91 Å². The van der Waals surface area contributed by atoms with Crippen molar-refractivity contribution in [3.63, 3.8) is 0 Å². The van der Waals surface area contributed by atoms with Gasteiger partial charge in [0.1, 0.15) is 11.5 Å². The van der Waals surface area contributed by atoms with Gasteiger partial charge in [0.25, 0.3) is 5.91 Å². The fraction of sp³-hybridized carbons (Fsp3) is 0.400. The van der Waals surface area contributed by atoms with Crippen molar-refractivity contribution >= 4 is 17.8 Å². The van der Waals surface area contributed by atoms with Gasteiger partial charge in [-0.15, -0.1) is 0 Å². The van der Waals surface area contributed by atoms with Crippen molar-refractivity contribution in [1.82, 2.24) is 5.43 Å². The number of aryl methyl sites for hydroxylation is 1. The lowest BCUT2D eigenvalue weighted by atomic mass is 10.0. The number of nitrogens with zero attached hydrogens (tertiary/aromatic N) is 2. The second-order valence-corrected chi connectivity index (χ2v) is 7.01. The highest BCUT2D eigenvalue weighted by molar-refractivity contribution is 5.84. The van der Waals surface area contributed by atoms with E-state index in [1.165, 1.54) is 12.0 Å². The summed E-state index contributed by atoms with van der Waals surface area (Å²) in [7, 11) is 0. The van der Waals surface area contributed by atoms with E-state index >= 15 is 0 Å². The number of hydrogen-bond acceptors (Lipinski definition) is 4. The predicted molar refractivity (Wildman–Crippen MR) is 97.9 cm³/mol. The van der Waals surface area contributed by atoms with Crippen molar-refractivity contribution < 1.29 is 9.21 Å². The Kier molecular flexibility index (Phi) is 4.30. The molecule has 1 aliphatic carbocycles. The number of furan rings is 1. The van der Waals surface area contributed by atoms with Crippen LogP contribution in [-0.4, -0.2) is 25.2 Å². The summed E-state index contributed by atoms with van der Waals surface area (Å²) in [6.45, 7) is 3.44. The Morgan fingerprint density at radius 3 is 3.04 bits per heavy atom. The van der Waals surface area contributed by atoms with Gasteiger partial charge in [-0.25, -0.2) is 5.43 Å². The van der Waals surface area contributed by atoms with E-state index in [0.717, 1.165) is 30.8 Å². The van der Waals surface area contributed by atoms with Crippen LogP contribution in [-0.2, 0) is 11.2 Å². The van der Waals surface area contributed by atoms with E-state index in [9.17, 15) is 4.79 Å². The van der Waals surface area contributed by atoms with Gasteiger partial charge in [-0.2, -0.15) is 5.10 Å². The number of rotatable bonds is 5. The summed E-state index contributed by atoms with van der Waals surface area (Å²) in [5, 5.41) is 4.03. The number of carbonyl (C=O) groups is 1. The molecule has 1 N–H and O–H groups in total. The molecule has 25 heavy (non-hydrogen) atoms. The molecular weight excluding hydrogens is 314 g/mol. The fourth-order valence-corrected chi connectivity index (χ4v) is 3.51. The molecule has 0 saturated heterocycles. The van der Waals surface area contributed by atoms with Gasteiger partial charge in [-0.1, -0.05) is 25.1 Å². The van der Waals surface area contributed by atoms with Crippen molar-refractivity contribution in [1.29, 1.82) is 0 Å². The highest BCUT2D eigenvalue weighted by Crippen LogP contribution is 2.47. The molecule has 0 spiro atoms. The first-order valence-electron chi connectivity index (χ1n) is 8.95. The summed E-state index contributed by atoms with van der Waals surface area (Å²) in [5.41, 5.74) is 5.06. The number of nitrogens with one attached hydrogen (secondary N) is 1. The maximum Gasteiger partial charge on any atom is 0.259 e. The lowest BCUT2D eigenvalue weighted by molar-refractivity contribution is -0.119. The van der Waals surface area contributed by atoms with Gasteiger partial charge in [-0.3, -0.25) is 4.79 Å². The number of para-hydroxylation sites is 1. The van der Waals surface area contributed by atoms with E-state index in [0.29, 0.717) is 24.1 Å². The second kappa shape index (κ2) is 6.75. The maximum absolute atomic E-state index is 12.2. The average molecular weight is 337 g/mol. The third-order valence-electron chi connectivity index (χ3n) is 5.04. The first-order chi connectivity index (χ1) is 12.2. The van der Waals surface area contributed by atoms with Gasteiger partial charge in [0.2, 0.25) is 0 Å². The monoisotopic (exact) mass is 337 g/mol. The van der Waals surface area contributed by atoms with Gasteiger partial charge in [0.15, 0.2) is 0 Å². The summed E-state index contributed by atoms with van der Waals surface area (Å²) in [6, 6.07) is 12.2.